The average Bonchev–Trinajstić information content (AvgIpc) is 2.80. The van der Waals surface area contributed by atoms with Crippen LogP contribution in [0.1, 0.15) is 25.8 Å². The first-order valence-electron chi connectivity index (χ1n) is 6.73. The molecule has 0 spiro atoms. The SMILES string of the molecule is COCCC(C)(C)CNCc1cnn2ccccc12. The summed E-state index contributed by atoms with van der Waals surface area (Å²) in [6.07, 6.45) is 4.97. The fourth-order valence-electron chi connectivity index (χ4n) is 2.13. The van der Waals surface area contributed by atoms with Crippen LogP contribution in [0.3, 0.4) is 0 Å². The van der Waals surface area contributed by atoms with Crippen LogP contribution in [0.5, 0.6) is 0 Å². The highest BCUT2D eigenvalue weighted by atomic mass is 16.5. The van der Waals surface area contributed by atoms with Gasteiger partial charge >= 0.3 is 0 Å². The predicted octanol–water partition coefficient (Wildman–Crippen LogP) is 2.49. The molecular weight excluding hydrogens is 238 g/mol. The maximum absolute atomic E-state index is 5.15. The van der Waals surface area contributed by atoms with E-state index in [0.29, 0.717) is 0 Å². The van der Waals surface area contributed by atoms with E-state index in [-0.39, 0.29) is 5.41 Å². The summed E-state index contributed by atoms with van der Waals surface area (Å²) >= 11 is 0. The van der Waals surface area contributed by atoms with Gasteiger partial charge < -0.3 is 10.1 Å². The molecule has 2 heterocycles. The summed E-state index contributed by atoms with van der Waals surface area (Å²) in [5.74, 6) is 0. The molecule has 0 aromatic carbocycles. The minimum absolute atomic E-state index is 0.249. The lowest BCUT2D eigenvalue weighted by Crippen LogP contribution is -2.30. The molecule has 0 saturated heterocycles. The molecule has 4 nitrogen and oxygen atoms in total. The molecule has 0 fully saturated rings. The smallest absolute Gasteiger partial charge is 0.0706 e. The minimum atomic E-state index is 0.249. The summed E-state index contributed by atoms with van der Waals surface area (Å²) in [6, 6.07) is 6.13. The van der Waals surface area contributed by atoms with Crippen molar-refractivity contribution in [3.8, 4) is 0 Å². The number of fused-ring (bicyclic) bond motifs is 1. The third kappa shape index (κ3) is 3.78. The van der Waals surface area contributed by atoms with Crippen molar-refractivity contribution in [2.24, 2.45) is 5.41 Å². The molecule has 2 aromatic heterocycles. The molecule has 0 amide bonds. The highest BCUT2D eigenvalue weighted by Gasteiger charge is 2.17. The van der Waals surface area contributed by atoms with Crippen molar-refractivity contribution in [2.45, 2.75) is 26.8 Å². The summed E-state index contributed by atoms with van der Waals surface area (Å²) in [7, 11) is 1.75. The van der Waals surface area contributed by atoms with Gasteiger partial charge in [-0.25, -0.2) is 4.52 Å². The molecule has 19 heavy (non-hydrogen) atoms. The van der Waals surface area contributed by atoms with Crippen molar-refractivity contribution >= 4 is 5.52 Å². The molecule has 0 aliphatic rings. The summed E-state index contributed by atoms with van der Waals surface area (Å²) in [6.45, 7) is 7.15. The van der Waals surface area contributed by atoms with Crippen LogP contribution < -0.4 is 5.32 Å². The fourth-order valence-corrected chi connectivity index (χ4v) is 2.13. The largest absolute Gasteiger partial charge is 0.385 e. The summed E-state index contributed by atoms with van der Waals surface area (Å²) in [5.41, 5.74) is 2.66. The molecule has 0 bridgehead atoms. The second kappa shape index (κ2) is 6.17. The normalized spacial score (nSPS) is 12.2. The molecule has 2 rings (SSSR count). The van der Waals surface area contributed by atoms with Crippen molar-refractivity contribution in [1.82, 2.24) is 14.9 Å². The Kier molecular flexibility index (Phi) is 4.56. The van der Waals surface area contributed by atoms with E-state index < -0.39 is 0 Å². The van der Waals surface area contributed by atoms with Crippen molar-refractivity contribution in [2.75, 3.05) is 20.3 Å². The van der Waals surface area contributed by atoms with Crippen LogP contribution in [0.25, 0.3) is 5.52 Å². The lowest BCUT2D eigenvalue weighted by molar-refractivity contribution is 0.150. The van der Waals surface area contributed by atoms with Crippen LogP contribution in [-0.4, -0.2) is 29.9 Å². The molecule has 0 aliphatic carbocycles. The van der Waals surface area contributed by atoms with Gasteiger partial charge in [0.15, 0.2) is 0 Å². The fraction of sp³-hybridized carbons (Fsp3) is 0.533. The first kappa shape index (κ1) is 14.0. The van der Waals surface area contributed by atoms with Crippen molar-refractivity contribution in [3.05, 3.63) is 36.2 Å². The van der Waals surface area contributed by atoms with Gasteiger partial charge in [-0.3, -0.25) is 0 Å². The quantitative estimate of drug-likeness (QED) is 0.832. The van der Waals surface area contributed by atoms with Crippen LogP contribution in [0.15, 0.2) is 30.6 Å². The third-order valence-corrected chi connectivity index (χ3v) is 3.41. The molecule has 4 heteroatoms. The van der Waals surface area contributed by atoms with Gasteiger partial charge in [-0.1, -0.05) is 19.9 Å². The van der Waals surface area contributed by atoms with Gasteiger partial charge in [-0.2, -0.15) is 5.10 Å². The molecule has 0 atom stereocenters. The summed E-state index contributed by atoms with van der Waals surface area (Å²) < 4.78 is 7.06. The topological polar surface area (TPSA) is 38.6 Å². The number of ether oxygens (including phenoxy) is 1. The number of aromatic nitrogens is 2. The lowest BCUT2D eigenvalue weighted by atomic mass is 9.89. The van der Waals surface area contributed by atoms with E-state index in [1.54, 1.807) is 7.11 Å². The molecule has 0 aliphatic heterocycles. The van der Waals surface area contributed by atoms with Crippen LogP contribution in [0, 0.1) is 5.41 Å². The van der Waals surface area contributed by atoms with Gasteiger partial charge in [-0.05, 0) is 24.0 Å². The second-order valence-electron chi connectivity index (χ2n) is 5.71. The standard InChI is InChI=1S/C15H23N3O/c1-15(2,7-9-19-3)12-16-10-13-11-17-18-8-5-4-6-14(13)18/h4-6,8,11,16H,7,9-10,12H2,1-3H3. The highest BCUT2D eigenvalue weighted by Crippen LogP contribution is 2.19. The number of nitrogens with zero attached hydrogens (tertiary/aromatic N) is 2. The monoisotopic (exact) mass is 261 g/mol. The van der Waals surface area contributed by atoms with E-state index in [1.807, 2.05) is 29.0 Å². The summed E-state index contributed by atoms with van der Waals surface area (Å²) in [5, 5.41) is 7.86. The average molecular weight is 261 g/mol. The molecule has 2 aromatic rings. The number of pyridine rings is 1. The van der Waals surface area contributed by atoms with E-state index in [1.165, 1.54) is 11.1 Å². The zero-order valence-corrected chi connectivity index (χ0v) is 12.0. The number of rotatable bonds is 7. The highest BCUT2D eigenvalue weighted by molar-refractivity contribution is 5.53. The number of hydrogen-bond donors (Lipinski definition) is 1. The maximum atomic E-state index is 5.15. The molecular formula is C15H23N3O. The van der Waals surface area contributed by atoms with Crippen molar-refractivity contribution < 1.29 is 4.74 Å². The van der Waals surface area contributed by atoms with Crippen LogP contribution in [0.4, 0.5) is 0 Å². The maximum Gasteiger partial charge on any atom is 0.0706 e. The van der Waals surface area contributed by atoms with Crippen LogP contribution in [-0.2, 0) is 11.3 Å². The van der Waals surface area contributed by atoms with Gasteiger partial charge in [0, 0.05) is 38.6 Å². The molecule has 1 N–H and O–H groups in total. The molecule has 0 saturated carbocycles. The van der Waals surface area contributed by atoms with Crippen molar-refractivity contribution in [3.63, 3.8) is 0 Å². The van der Waals surface area contributed by atoms with Crippen molar-refractivity contribution in [1.29, 1.82) is 0 Å². The molecule has 104 valence electrons. The number of nitrogens with one attached hydrogen (secondary N) is 1. The number of hydrogen-bond acceptors (Lipinski definition) is 3. The Morgan fingerprint density at radius 2 is 2.21 bits per heavy atom. The van der Waals surface area contributed by atoms with Crippen LogP contribution >= 0.6 is 0 Å². The predicted molar refractivity (Wildman–Crippen MR) is 77.2 cm³/mol. The van der Waals surface area contributed by atoms with E-state index >= 15 is 0 Å². The third-order valence-electron chi connectivity index (χ3n) is 3.41. The molecule has 0 radical (unpaired) electrons. The van der Waals surface area contributed by atoms with Crippen LogP contribution in [0.2, 0.25) is 0 Å². The van der Waals surface area contributed by atoms with Gasteiger partial charge in [0.2, 0.25) is 0 Å². The van der Waals surface area contributed by atoms with E-state index in [2.05, 4.69) is 30.3 Å². The Bertz CT molecular complexity index is 519. The van der Waals surface area contributed by atoms with E-state index in [4.69, 9.17) is 4.74 Å². The second-order valence-corrected chi connectivity index (χ2v) is 5.71. The van der Waals surface area contributed by atoms with Gasteiger partial charge in [-0.15, -0.1) is 0 Å². The Balaban J connectivity index is 1.89. The minimum Gasteiger partial charge on any atom is -0.385 e. The molecule has 0 unspecified atom stereocenters. The van der Waals surface area contributed by atoms with Gasteiger partial charge in [0.05, 0.1) is 11.7 Å². The van der Waals surface area contributed by atoms with Gasteiger partial charge in [0.1, 0.15) is 0 Å². The summed E-state index contributed by atoms with van der Waals surface area (Å²) in [4.78, 5) is 0. The Labute approximate surface area is 114 Å². The Morgan fingerprint density at radius 3 is 3.00 bits per heavy atom. The lowest BCUT2D eigenvalue weighted by Gasteiger charge is -2.24. The van der Waals surface area contributed by atoms with E-state index in [9.17, 15) is 0 Å². The first-order chi connectivity index (χ1) is 9.12. The first-order valence-corrected chi connectivity index (χ1v) is 6.73. The zero-order chi connectivity index (χ0) is 13.7. The van der Waals surface area contributed by atoms with Gasteiger partial charge in [0.25, 0.3) is 0 Å². The zero-order valence-electron chi connectivity index (χ0n) is 12.0. The Hall–Kier alpha value is -1.39. The Morgan fingerprint density at radius 1 is 1.37 bits per heavy atom. The number of methoxy groups -OCH3 is 1. The van der Waals surface area contributed by atoms with E-state index in [0.717, 1.165) is 26.1 Å².